The SMILES string of the molecule is C1CCC2(CC1)OC[C@H]1CCCC[C@@H]12. The largest absolute Gasteiger partial charge is 0.374 e. The molecule has 80 valence electrons. The van der Waals surface area contributed by atoms with Gasteiger partial charge in [0.25, 0.3) is 0 Å². The number of ether oxygens (including phenoxy) is 1. The zero-order valence-electron chi connectivity index (χ0n) is 9.13. The van der Waals surface area contributed by atoms with Crippen LogP contribution >= 0.6 is 0 Å². The van der Waals surface area contributed by atoms with Crippen molar-refractivity contribution in [1.82, 2.24) is 0 Å². The Bertz CT molecular complexity index is 205. The summed E-state index contributed by atoms with van der Waals surface area (Å²) in [5.41, 5.74) is 0.364. The van der Waals surface area contributed by atoms with Crippen molar-refractivity contribution < 1.29 is 4.74 Å². The topological polar surface area (TPSA) is 9.23 Å². The maximum Gasteiger partial charge on any atom is 0.0714 e. The molecule has 3 aliphatic rings. The van der Waals surface area contributed by atoms with Gasteiger partial charge in [-0.1, -0.05) is 32.1 Å². The van der Waals surface area contributed by atoms with Crippen molar-refractivity contribution in [2.24, 2.45) is 11.8 Å². The van der Waals surface area contributed by atoms with E-state index in [-0.39, 0.29) is 0 Å². The molecule has 3 rings (SSSR count). The third-order valence-corrected chi connectivity index (χ3v) is 4.87. The van der Waals surface area contributed by atoms with Crippen LogP contribution in [0.25, 0.3) is 0 Å². The van der Waals surface area contributed by atoms with Crippen molar-refractivity contribution in [2.75, 3.05) is 6.61 Å². The van der Waals surface area contributed by atoms with Crippen molar-refractivity contribution in [1.29, 1.82) is 0 Å². The van der Waals surface area contributed by atoms with E-state index in [1.54, 1.807) is 0 Å². The van der Waals surface area contributed by atoms with Gasteiger partial charge in [-0.3, -0.25) is 0 Å². The standard InChI is InChI=1S/C13H22O/c1-4-8-13(9-5-1)12-7-3-2-6-11(12)10-14-13/h11-12H,1-10H2/t11-,12+/m1/s1. The molecule has 0 aromatic carbocycles. The highest BCUT2D eigenvalue weighted by atomic mass is 16.5. The molecule has 0 aromatic rings. The molecule has 2 atom stereocenters. The van der Waals surface area contributed by atoms with Crippen molar-refractivity contribution >= 4 is 0 Å². The minimum atomic E-state index is 0.364. The summed E-state index contributed by atoms with van der Waals surface area (Å²) in [6.07, 6.45) is 12.9. The number of hydrogen-bond donors (Lipinski definition) is 0. The van der Waals surface area contributed by atoms with E-state index >= 15 is 0 Å². The van der Waals surface area contributed by atoms with E-state index in [1.807, 2.05) is 0 Å². The van der Waals surface area contributed by atoms with Gasteiger partial charge in [0.05, 0.1) is 12.2 Å². The average molecular weight is 194 g/mol. The van der Waals surface area contributed by atoms with Crippen LogP contribution in [0.5, 0.6) is 0 Å². The highest BCUT2D eigenvalue weighted by molar-refractivity contribution is 4.99. The fraction of sp³-hybridized carbons (Fsp3) is 1.00. The fourth-order valence-electron chi connectivity index (χ4n) is 4.15. The first-order chi connectivity index (χ1) is 6.91. The third kappa shape index (κ3) is 1.32. The number of hydrogen-bond acceptors (Lipinski definition) is 1. The first-order valence-corrected chi connectivity index (χ1v) is 6.55. The Kier molecular flexibility index (Phi) is 2.31. The summed E-state index contributed by atoms with van der Waals surface area (Å²) in [6, 6.07) is 0. The molecule has 1 heterocycles. The van der Waals surface area contributed by atoms with E-state index in [0.29, 0.717) is 5.60 Å². The summed E-state index contributed by atoms with van der Waals surface area (Å²) in [5.74, 6) is 1.87. The zero-order chi connectivity index (χ0) is 9.43. The molecule has 3 fully saturated rings. The van der Waals surface area contributed by atoms with E-state index in [2.05, 4.69) is 0 Å². The predicted octanol–water partition coefficient (Wildman–Crippen LogP) is 3.53. The third-order valence-electron chi connectivity index (χ3n) is 4.87. The normalized spacial score (nSPS) is 41.1. The van der Waals surface area contributed by atoms with Crippen molar-refractivity contribution in [3.63, 3.8) is 0 Å². The summed E-state index contributed by atoms with van der Waals surface area (Å²) in [7, 11) is 0. The smallest absolute Gasteiger partial charge is 0.0714 e. The van der Waals surface area contributed by atoms with E-state index in [1.165, 1.54) is 57.8 Å². The molecule has 0 aromatic heterocycles. The lowest BCUT2D eigenvalue weighted by Gasteiger charge is -2.40. The van der Waals surface area contributed by atoms with Crippen molar-refractivity contribution in [3.8, 4) is 0 Å². The van der Waals surface area contributed by atoms with Crippen LogP contribution < -0.4 is 0 Å². The summed E-state index contributed by atoms with van der Waals surface area (Å²) in [6.45, 7) is 1.09. The van der Waals surface area contributed by atoms with Crippen LogP contribution in [0.3, 0.4) is 0 Å². The van der Waals surface area contributed by atoms with Gasteiger partial charge in [-0.15, -0.1) is 0 Å². The van der Waals surface area contributed by atoms with Crippen molar-refractivity contribution in [2.45, 2.75) is 63.4 Å². The van der Waals surface area contributed by atoms with Gasteiger partial charge in [0.2, 0.25) is 0 Å². The Morgan fingerprint density at radius 3 is 2.50 bits per heavy atom. The highest BCUT2D eigenvalue weighted by Crippen LogP contribution is 2.51. The average Bonchev–Trinajstić information content (AvgIpc) is 2.60. The fourth-order valence-corrected chi connectivity index (χ4v) is 4.15. The molecular formula is C13H22O. The van der Waals surface area contributed by atoms with Crippen LogP contribution in [0.4, 0.5) is 0 Å². The molecular weight excluding hydrogens is 172 g/mol. The molecule has 0 bridgehead atoms. The van der Waals surface area contributed by atoms with Gasteiger partial charge >= 0.3 is 0 Å². The lowest BCUT2D eigenvalue weighted by Crippen LogP contribution is -2.39. The zero-order valence-corrected chi connectivity index (χ0v) is 9.13. The molecule has 0 N–H and O–H groups in total. The maximum absolute atomic E-state index is 6.23. The van der Waals surface area contributed by atoms with E-state index in [4.69, 9.17) is 4.74 Å². The molecule has 1 saturated heterocycles. The monoisotopic (exact) mass is 194 g/mol. The van der Waals surface area contributed by atoms with Gasteiger partial charge in [-0.05, 0) is 37.5 Å². The van der Waals surface area contributed by atoms with E-state index in [9.17, 15) is 0 Å². The minimum absolute atomic E-state index is 0.364. The summed E-state index contributed by atoms with van der Waals surface area (Å²) in [5, 5.41) is 0. The molecule has 1 aliphatic heterocycles. The van der Waals surface area contributed by atoms with Crippen LogP contribution in [-0.4, -0.2) is 12.2 Å². The van der Waals surface area contributed by atoms with E-state index < -0.39 is 0 Å². The van der Waals surface area contributed by atoms with Crippen LogP contribution in [0.15, 0.2) is 0 Å². The first-order valence-electron chi connectivity index (χ1n) is 6.55. The van der Waals surface area contributed by atoms with E-state index in [0.717, 1.165) is 18.4 Å². The van der Waals surface area contributed by atoms with Gasteiger partial charge in [0.1, 0.15) is 0 Å². The Morgan fingerprint density at radius 1 is 0.857 bits per heavy atom. The maximum atomic E-state index is 6.23. The molecule has 14 heavy (non-hydrogen) atoms. The quantitative estimate of drug-likeness (QED) is 0.573. The Labute approximate surface area is 87.2 Å². The highest BCUT2D eigenvalue weighted by Gasteiger charge is 2.49. The second-order valence-corrected chi connectivity index (χ2v) is 5.59. The second kappa shape index (κ2) is 3.52. The van der Waals surface area contributed by atoms with Crippen molar-refractivity contribution in [3.05, 3.63) is 0 Å². The van der Waals surface area contributed by atoms with Crippen LogP contribution in [0.2, 0.25) is 0 Å². The van der Waals surface area contributed by atoms with Gasteiger partial charge in [0, 0.05) is 0 Å². The second-order valence-electron chi connectivity index (χ2n) is 5.59. The molecule has 1 nitrogen and oxygen atoms in total. The van der Waals surface area contributed by atoms with Gasteiger partial charge in [-0.2, -0.15) is 0 Å². The molecule has 0 amide bonds. The number of fused-ring (bicyclic) bond motifs is 2. The molecule has 1 spiro atoms. The lowest BCUT2D eigenvalue weighted by molar-refractivity contribution is -0.0524. The van der Waals surface area contributed by atoms with Crippen LogP contribution in [-0.2, 0) is 4.74 Å². The minimum Gasteiger partial charge on any atom is -0.374 e. The molecule has 2 aliphatic carbocycles. The molecule has 0 radical (unpaired) electrons. The summed E-state index contributed by atoms with van der Waals surface area (Å²) in [4.78, 5) is 0. The molecule has 0 unspecified atom stereocenters. The predicted molar refractivity (Wildman–Crippen MR) is 57.2 cm³/mol. The Morgan fingerprint density at radius 2 is 1.64 bits per heavy atom. The molecule has 2 saturated carbocycles. The van der Waals surface area contributed by atoms with Gasteiger partial charge < -0.3 is 4.74 Å². The lowest BCUT2D eigenvalue weighted by atomic mass is 9.67. The van der Waals surface area contributed by atoms with Crippen LogP contribution in [0, 0.1) is 11.8 Å². The van der Waals surface area contributed by atoms with Gasteiger partial charge in [0.15, 0.2) is 0 Å². The van der Waals surface area contributed by atoms with Crippen LogP contribution in [0.1, 0.15) is 57.8 Å². The Hall–Kier alpha value is -0.0400. The Balaban J connectivity index is 1.78. The van der Waals surface area contributed by atoms with Gasteiger partial charge in [-0.25, -0.2) is 0 Å². The summed E-state index contributed by atoms with van der Waals surface area (Å²) >= 11 is 0. The number of rotatable bonds is 0. The molecule has 1 heteroatoms. The first kappa shape index (κ1) is 9.21. The summed E-state index contributed by atoms with van der Waals surface area (Å²) < 4.78 is 6.23.